The Bertz CT molecular complexity index is 283. The fourth-order valence-electron chi connectivity index (χ4n) is 1.97. The van der Waals surface area contributed by atoms with Crippen molar-refractivity contribution in [1.29, 1.82) is 0 Å². The number of nitrogens with zero attached hydrogens (tertiary/aromatic N) is 1. The van der Waals surface area contributed by atoms with E-state index in [4.69, 9.17) is 0 Å². The highest BCUT2D eigenvalue weighted by atomic mass is 32.1. The average Bonchev–Trinajstić information content (AvgIpc) is 2.80. The molecule has 0 radical (unpaired) electrons. The zero-order valence-electron chi connectivity index (χ0n) is 12.1. The highest BCUT2D eigenvalue weighted by molar-refractivity contribution is 7.07. The Labute approximate surface area is 116 Å². The topological polar surface area (TPSA) is 15.3 Å². The Morgan fingerprint density at radius 3 is 2.78 bits per heavy atom. The molecule has 1 N–H and O–H groups in total. The van der Waals surface area contributed by atoms with Crippen molar-refractivity contribution in [1.82, 2.24) is 10.2 Å². The van der Waals surface area contributed by atoms with Crippen LogP contribution in [0.4, 0.5) is 0 Å². The second-order valence-corrected chi connectivity index (χ2v) is 6.31. The monoisotopic (exact) mass is 268 g/mol. The normalized spacial score (nSPS) is 11.6. The lowest BCUT2D eigenvalue weighted by atomic mass is 10.2. The highest BCUT2D eigenvalue weighted by Crippen LogP contribution is 2.09. The summed E-state index contributed by atoms with van der Waals surface area (Å²) in [5.74, 6) is 0.766. The van der Waals surface area contributed by atoms with Crippen molar-refractivity contribution in [3.05, 3.63) is 22.4 Å². The SMILES string of the molecule is CC(C)CNCCCCCN(C)Cc1ccsc1. The first-order chi connectivity index (χ1) is 8.68. The number of hydrogen-bond donors (Lipinski definition) is 1. The van der Waals surface area contributed by atoms with E-state index in [0.717, 1.165) is 19.0 Å². The molecule has 1 rings (SSSR count). The third-order valence-corrected chi connectivity index (χ3v) is 3.71. The molecule has 0 aliphatic rings. The van der Waals surface area contributed by atoms with Gasteiger partial charge >= 0.3 is 0 Å². The summed E-state index contributed by atoms with van der Waals surface area (Å²) in [6.07, 6.45) is 3.95. The summed E-state index contributed by atoms with van der Waals surface area (Å²) in [5.41, 5.74) is 1.45. The van der Waals surface area contributed by atoms with Crippen molar-refractivity contribution in [2.24, 2.45) is 5.92 Å². The maximum Gasteiger partial charge on any atom is 0.0238 e. The van der Waals surface area contributed by atoms with Gasteiger partial charge in [0.05, 0.1) is 0 Å². The van der Waals surface area contributed by atoms with Crippen LogP contribution in [0.15, 0.2) is 16.8 Å². The van der Waals surface area contributed by atoms with Crippen LogP contribution < -0.4 is 5.32 Å². The molecular formula is C15H28N2S. The molecule has 0 aromatic carbocycles. The Kier molecular flexibility index (Phi) is 8.31. The predicted molar refractivity (Wildman–Crippen MR) is 82.2 cm³/mol. The van der Waals surface area contributed by atoms with Gasteiger partial charge in [-0.1, -0.05) is 20.3 Å². The molecule has 0 aliphatic heterocycles. The summed E-state index contributed by atoms with van der Waals surface area (Å²) < 4.78 is 0. The average molecular weight is 268 g/mol. The lowest BCUT2D eigenvalue weighted by molar-refractivity contribution is 0.317. The molecule has 0 aliphatic carbocycles. The van der Waals surface area contributed by atoms with Crippen molar-refractivity contribution in [2.45, 2.75) is 39.7 Å². The molecular weight excluding hydrogens is 240 g/mol. The molecule has 0 unspecified atom stereocenters. The molecule has 0 bridgehead atoms. The van der Waals surface area contributed by atoms with Gasteiger partial charge in [0.15, 0.2) is 0 Å². The van der Waals surface area contributed by atoms with Crippen LogP contribution in [0.25, 0.3) is 0 Å². The van der Waals surface area contributed by atoms with E-state index >= 15 is 0 Å². The number of hydrogen-bond acceptors (Lipinski definition) is 3. The van der Waals surface area contributed by atoms with Crippen LogP contribution in [0, 0.1) is 5.92 Å². The fraction of sp³-hybridized carbons (Fsp3) is 0.733. The van der Waals surface area contributed by atoms with Crippen LogP contribution in [-0.4, -0.2) is 31.6 Å². The van der Waals surface area contributed by atoms with Gasteiger partial charge in [0, 0.05) is 6.54 Å². The van der Waals surface area contributed by atoms with Crippen LogP contribution in [0.2, 0.25) is 0 Å². The predicted octanol–water partition coefficient (Wildman–Crippen LogP) is 3.60. The number of rotatable bonds is 10. The van der Waals surface area contributed by atoms with Gasteiger partial charge in [0.25, 0.3) is 0 Å². The molecule has 0 amide bonds. The van der Waals surface area contributed by atoms with Crippen molar-refractivity contribution >= 4 is 11.3 Å². The first kappa shape index (κ1) is 15.7. The van der Waals surface area contributed by atoms with E-state index in [2.05, 4.69) is 47.9 Å². The van der Waals surface area contributed by atoms with Gasteiger partial charge < -0.3 is 10.2 Å². The van der Waals surface area contributed by atoms with E-state index in [-0.39, 0.29) is 0 Å². The summed E-state index contributed by atoms with van der Waals surface area (Å²) in [7, 11) is 2.22. The standard InChI is InChI=1S/C15H28N2S/c1-14(2)11-16-8-5-4-6-9-17(3)12-15-7-10-18-13-15/h7,10,13-14,16H,4-6,8-9,11-12H2,1-3H3. The van der Waals surface area contributed by atoms with Crippen molar-refractivity contribution in [3.63, 3.8) is 0 Å². The number of thiophene rings is 1. The zero-order valence-corrected chi connectivity index (χ0v) is 12.9. The fourth-order valence-corrected chi connectivity index (χ4v) is 2.63. The molecule has 0 saturated carbocycles. The van der Waals surface area contributed by atoms with Crippen LogP contribution >= 0.6 is 11.3 Å². The highest BCUT2D eigenvalue weighted by Gasteiger charge is 2.00. The Morgan fingerprint density at radius 2 is 2.11 bits per heavy atom. The molecule has 0 saturated heterocycles. The minimum atomic E-state index is 0.766. The minimum absolute atomic E-state index is 0.766. The van der Waals surface area contributed by atoms with Gasteiger partial charge in [-0.05, 0) is 67.8 Å². The van der Waals surface area contributed by atoms with Gasteiger partial charge in [-0.3, -0.25) is 0 Å². The second kappa shape index (κ2) is 9.54. The van der Waals surface area contributed by atoms with E-state index < -0.39 is 0 Å². The summed E-state index contributed by atoms with van der Waals surface area (Å²) in [4.78, 5) is 2.42. The van der Waals surface area contributed by atoms with E-state index in [1.807, 2.05) is 0 Å². The van der Waals surface area contributed by atoms with Gasteiger partial charge in [-0.2, -0.15) is 11.3 Å². The van der Waals surface area contributed by atoms with Gasteiger partial charge in [-0.15, -0.1) is 0 Å². The molecule has 1 heterocycles. The first-order valence-corrected chi connectivity index (χ1v) is 8.03. The van der Waals surface area contributed by atoms with Crippen LogP contribution in [0.1, 0.15) is 38.7 Å². The quantitative estimate of drug-likeness (QED) is 0.652. The van der Waals surface area contributed by atoms with Crippen LogP contribution in [-0.2, 0) is 6.54 Å². The maximum atomic E-state index is 3.50. The van der Waals surface area contributed by atoms with Crippen molar-refractivity contribution in [2.75, 3.05) is 26.7 Å². The van der Waals surface area contributed by atoms with Gasteiger partial charge in [0.1, 0.15) is 0 Å². The van der Waals surface area contributed by atoms with Gasteiger partial charge in [-0.25, -0.2) is 0 Å². The lowest BCUT2D eigenvalue weighted by Crippen LogP contribution is -2.21. The summed E-state index contributed by atoms with van der Waals surface area (Å²) in [5, 5.41) is 7.90. The van der Waals surface area contributed by atoms with Crippen LogP contribution in [0.3, 0.4) is 0 Å². The molecule has 3 heteroatoms. The molecule has 0 fully saturated rings. The molecule has 0 atom stereocenters. The van der Waals surface area contributed by atoms with E-state index in [1.54, 1.807) is 11.3 Å². The molecule has 2 nitrogen and oxygen atoms in total. The van der Waals surface area contributed by atoms with E-state index in [9.17, 15) is 0 Å². The van der Waals surface area contributed by atoms with E-state index in [1.165, 1.54) is 37.9 Å². The van der Waals surface area contributed by atoms with Crippen LogP contribution in [0.5, 0.6) is 0 Å². The summed E-state index contributed by atoms with van der Waals surface area (Å²) >= 11 is 1.79. The Balaban J connectivity index is 1.91. The van der Waals surface area contributed by atoms with Gasteiger partial charge in [0.2, 0.25) is 0 Å². The lowest BCUT2D eigenvalue weighted by Gasteiger charge is -2.15. The van der Waals surface area contributed by atoms with Crippen molar-refractivity contribution in [3.8, 4) is 0 Å². The Hall–Kier alpha value is -0.380. The molecule has 104 valence electrons. The maximum absolute atomic E-state index is 3.50. The summed E-state index contributed by atoms with van der Waals surface area (Å²) in [6.45, 7) is 9.14. The molecule has 0 spiro atoms. The van der Waals surface area contributed by atoms with E-state index in [0.29, 0.717) is 0 Å². The number of unbranched alkanes of at least 4 members (excludes halogenated alkanes) is 2. The first-order valence-electron chi connectivity index (χ1n) is 7.09. The van der Waals surface area contributed by atoms with Crippen molar-refractivity contribution < 1.29 is 0 Å². The molecule has 1 aromatic rings. The summed E-state index contributed by atoms with van der Waals surface area (Å²) in [6, 6.07) is 2.22. The largest absolute Gasteiger partial charge is 0.316 e. The zero-order chi connectivity index (χ0) is 13.2. The Morgan fingerprint density at radius 1 is 1.28 bits per heavy atom. The third-order valence-electron chi connectivity index (χ3n) is 2.98. The third kappa shape index (κ3) is 7.85. The smallest absolute Gasteiger partial charge is 0.0238 e. The molecule has 1 aromatic heterocycles. The minimum Gasteiger partial charge on any atom is -0.316 e. The number of nitrogens with one attached hydrogen (secondary N) is 1. The molecule has 18 heavy (non-hydrogen) atoms. The second-order valence-electron chi connectivity index (χ2n) is 5.53.